The molecule has 0 aliphatic heterocycles. The average molecular weight is 258 g/mol. The third-order valence-corrected chi connectivity index (χ3v) is 2.73. The highest BCUT2D eigenvalue weighted by molar-refractivity contribution is 6.29. The van der Waals surface area contributed by atoms with Crippen LogP contribution in [0.1, 0.15) is 24.6 Å². The second kappa shape index (κ2) is 5.62. The quantitative estimate of drug-likeness (QED) is 0.755. The molecule has 1 aromatic heterocycles. The van der Waals surface area contributed by atoms with Crippen LogP contribution in [0.4, 0.5) is 5.82 Å². The molecule has 0 saturated heterocycles. The number of ether oxygens (including phenoxy) is 1. The van der Waals surface area contributed by atoms with Crippen molar-refractivity contribution in [2.75, 3.05) is 25.6 Å². The van der Waals surface area contributed by atoms with Gasteiger partial charge in [-0.1, -0.05) is 11.6 Å². The monoisotopic (exact) mass is 257 g/mol. The van der Waals surface area contributed by atoms with Gasteiger partial charge in [-0.3, -0.25) is 0 Å². The minimum Gasteiger partial charge on any atom is -0.389 e. The lowest BCUT2D eigenvalue weighted by Crippen LogP contribution is -2.24. The van der Waals surface area contributed by atoms with Crippen LogP contribution in [-0.4, -0.2) is 41.4 Å². The van der Waals surface area contributed by atoms with Gasteiger partial charge in [0.25, 0.3) is 0 Å². The van der Waals surface area contributed by atoms with Crippen LogP contribution in [0.25, 0.3) is 0 Å². The van der Waals surface area contributed by atoms with E-state index in [-0.39, 0.29) is 0 Å². The van der Waals surface area contributed by atoms with E-state index in [9.17, 15) is 5.11 Å². The van der Waals surface area contributed by atoms with E-state index >= 15 is 0 Å². The highest BCUT2D eigenvalue weighted by atomic mass is 35.5. The smallest absolute Gasteiger partial charge is 0.135 e. The summed E-state index contributed by atoms with van der Waals surface area (Å²) in [7, 11) is 1.55. The predicted molar refractivity (Wildman–Crippen MR) is 65.4 cm³/mol. The fourth-order valence-electron chi connectivity index (χ4n) is 1.52. The third kappa shape index (κ3) is 3.80. The van der Waals surface area contributed by atoms with Gasteiger partial charge in [0.05, 0.1) is 12.7 Å². The molecule has 2 rings (SSSR count). The summed E-state index contributed by atoms with van der Waals surface area (Å²) < 4.78 is 4.84. The van der Waals surface area contributed by atoms with Crippen LogP contribution >= 0.6 is 11.6 Å². The lowest BCUT2D eigenvalue weighted by atomic mass is 10.3. The number of nitrogens with zero attached hydrogens (tertiary/aromatic N) is 2. The van der Waals surface area contributed by atoms with Gasteiger partial charge in [-0.2, -0.15) is 0 Å². The van der Waals surface area contributed by atoms with Crippen LogP contribution in [0.3, 0.4) is 0 Å². The molecule has 1 atom stereocenters. The zero-order chi connectivity index (χ0) is 12.3. The average Bonchev–Trinajstić information content (AvgIpc) is 3.10. The van der Waals surface area contributed by atoms with Gasteiger partial charge >= 0.3 is 0 Å². The molecule has 0 radical (unpaired) electrons. The maximum atomic E-state index is 9.51. The van der Waals surface area contributed by atoms with E-state index in [1.165, 1.54) is 0 Å². The van der Waals surface area contributed by atoms with Crippen LogP contribution in [0.5, 0.6) is 0 Å². The van der Waals surface area contributed by atoms with Gasteiger partial charge in [0, 0.05) is 25.6 Å². The van der Waals surface area contributed by atoms with Gasteiger partial charge in [0.1, 0.15) is 16.8 Å². The number of hydrogen-bond donors (Lipinski definition) is 2. The van der Waals surface area contributed by atoms with E-state index in [1.807, 2.05) is 0 Å². The number of aromatic nitrogens is 2. The Morgan fingerprint density at radius 3 is 3.00 bits per heavy atom. The predicted octanol–water partition coefficient (Wildman–Crippen LogP) is 1.43. The molecule has 0 amide bonds. The molecule has 1 heterocycles. The molecule has 6 heteroatoms. The number of rotatable bonds is 6. The number of nitrogens with one attached hydrogen (secondary N) is 1. The highest BCUT2D eigenvalue weighted by Gasteiger charge is 2.27. The molecule has 1 aromatic rings. The molecule has 1 aliphatic carbocycles. The first kappa shape index (κ1) is 12.5. The molecule has 17 heavy (non-hydrogen) atoms. The molecular formula is C11H16ClN3O2. The second-order valence-electron chi connectivity index (χ2n) is 4.20. The maximum absolute atomic E-state index is 9.51. The van der Waals surface area contributed by atoms with Crippen LogP contribution < -0.4 is 5.32 Å². The fraction of sp³-hybridized carbons (Fsp3) is 0.636. The van der Waals surface area contributed by atoms with E-state index in [2.05, 4.69) is 15.3 Å². The lowest BCUT2D eigenvalue weighted by molar-refractivity contribution is 0.0727. The van der Waals surface area contributed by atoms with E-state index in [4.69, 9.17) is 16.3 Å². The number of hydrogen-bond acceptors (Lipinski definition) is 5. The first-order valence-corrected chi connectivity index (χ1v) is 6.02. The molecule has 0 aromatic carbocycles. The van der Waals surface area contributed by atoms with Crippen molar-refractivity contribution in [1.82, 2.24) is 9.97 Å². The summed E-state index contributed by atoms with van der Waals surface area (Å²) in [4.78, 5) is 8.56. The Kier molecular flexibility index (Phi) is 4.15. The van der Waals surface area contributed by atoms with E-state index in [0.29, 0.717) is 30.0 Å². The first-order chi connectivity index (χ1) is 8.19. The number of methoxy groups -OCH3 is 1. The Morgan fingerprint density at radius 2 is 2.35 bits per heavy atom. The molecule has 1 saturated carbocycles. The zero-order valence-electron chi connectivity index (χ0n) is 9.69. The summed E-state index contributed by atoms with van der Waals surface area (Å²) in [5.74, 6) is 1.90. The summed E-state index contributed by atoms with van der Waals surface area (Å²) in [6.45, 7) is 0.673. The van der Waals surface area contributed by atoms with Gasteiger partial charge in [0.2, 0.25) is 0 Å². The Morgan fingerprint density at radius 1 is 1.59 bits per heavy atom. The van der Waals surface area contributed by atoms with Crippen molar-refractivity contribution in [3.8, 4) is 0 Å². The van der Waals surface area contributed by atoms with Crippen LogP contribution in [0.15, 0.2) is 6.07 Å². The topological polar surface area (TPSA) is 67.3 Å². The van der Waals surface area contributed by atoms with E-state index in [1.54, 1.807) is 13.2 Å². The van der Waals surface area contributed by atoms with Crippen molar-refractivity contribution in [3.63, 3.8) is 0 Å². The summed E-state index contributed by atoms with van der Waals surface area (Å²) >= 11 is 5.92. The molecule has 1 unspecified atom stereocenters. The largest absolute Gasteiger partial charge is 0.389 e. The molecule has 0 spiro atoms. The fourth-order valence-corrected chi connectivity index (χ4v) is 1.71. The van der Waals surface area contributed by atoms with Crippen molar-refractivity contribution in [1.29, 1.82) is 0 Å². The van der Waals surface area contributed by atoms with Gasteiger partial charge in [-0.05, 0) is 12.8 Å². The van der Waals surface area contributed by atoms with Crippen molar-refractivity contribution in [2.24, 2.45) is 0 Å². The van der Waals surface area contributed by atoms with Crippen LogP contribution in [0, 0.1) is 0 Å². The van der Waals surface area contributed by atoms with Gasteiger partial charge in [0.15, 0.2) is 0 Å². The lowest BCUT2D eigenvalue weighted by Gasteiger charge is -2.11. The number of aliphatic hydroxyl groups excluding tert-OH is 1. The van der Waals surface area contributed by atoms with Crippen molar-refractivity contribution >= 4 is 17.4 Å². The Hall–Kier alpha value is -0.910. The summed E-state index contributed by atoms with van der Waals surface area (Å²) in [5, 5.41) is 13.0. The van der Waals surface area contributed by atoms with Crippen LogP contribution in [0.2, 0.25) is 5.15 Å². The Labute approximate surface area is 105 Å². The normalized spacial score (nSPS) is 16.9. The SMILES string of the molecule is COCC(O)CNc1cc(Cl)nc(C2CC2)n1. The molecule has 1 aliphatic rings. The van der Waals surface area contributed by atoms with Crippen molar-refractivity contribution in [2.45, 2.75) is 24.9 Å². The Balaban J connectivity index is 1.95. The Bertz CT molecular complexity index is 385. The molecule has 5 nitrogen and oxygen atoms in total. The first-order valence-electron chi connectivity index (χ1n) is 5.64. The van der Waals surface area contributed by atoms with Gasteiger partial charge in [-0.25, -0.2) is 9.97 Å². The van der Waals surface area contributed by atoms with Crippen molar-refractivity contribution < 1.29 is 9.84 Å². The minimum atomic E-state index is -0.557. The number of aliphatic hydroxyl groups is 1. The minimum absolute atomic E-state index is 0.293. The molecule has 94 valence electrons. The highest BCUT2D eigenvalue weighted by Crippen LogP contribution is 2.38. The van der Waals surface area contributed by atoms with Crippen LogP contribution in [-0.2, 0) is 4.74 Å². The van der Waals surface area contributed by atoms with Gasteiger partial charge in [-0.15, -0.1) is 0 Å². The summed E-state index contributed by atoms with van der Waals surface area (Å²) in [6.07, 6.45) is 1.70. The maximum Gasteiger partial charge on any atom is 0.135 e. The standard InChI is InChI=1S/C11H16ClN3O2/c1-17-6-8(16)5-13-10-4-9(12)14-11(15-10)7-2-3-7/h4,7-8,16H,2-3,5-6H2,1H3,(H,13,14,15). The summed E-state index contributed by atoms with van der Waals surface area (Å²) in [6, 6.07) is 1.66. The molecular weight excluding hydrogens is 242 g/mol. The van der Waals surface area contributed by atoms with E-state index < -0.39 is 6.10 Å². The third-order valence-electron chi connectivity index (χ3n) is 2.53. The van der Waals surface area contributed by atoms with Crippen molar-refractivity contribution in [3.05, 3.63) is 17.0 Å². The van der Waals surface area contributed by atoms with Gasteiger partial charge < -0.3 is 15.2 Å². The number of halogens is 1. The number of anilines is 1. The molecule has 2 N–H and O–H groups in total. The second-order valence-corrected chi connectivity index (χ2v) is 4.59. The zero-order valence-corrected chi connectivity index (χ0v) is 10.4. The molecule has 0 bridgehead atoms. The summed E-state index contributed by atoms with van der Waals surface area (Å²) in [5.41, 5.74) is 0. The van der Waals surface area contributed by atoms with E-state index in [0.717, 1.165) is 18.7 Å². The molecule has 1 fully saturated rings.